The molecule has 1 aromatic carbocycles. The minimum atomic E-state index is -0.205. The maximum Gasteiger partial charge on any atom is 0.260 e. The summed E-state index contributed by atoms with van der Waals surface area (Å²) in [5, 5.41) is 9.85. The Morgan fingerprint density at radius 3 is 3.00 bits per heavy atom. The van der Waals surface area contributed by atoms with Crippen molar-refractivity contribution in [3.05, 3.63) is 42.4 Å². The zero-order chi connectivity index (χ0) is 12.5. The van der Waals surface area contributed by atoms with Gasteiger partial charge in [0.05, 0.1) is 5.56 Å². The van der Waals surface area contributed by atoms with E-state index in [4.69, 9.17) is 0 Å². The van der Waals surface area contributed by atoms with Crippen molar-refractivity contribution in [3.63, 3.8) is 0 Å². The number of fused-ring (bicyclic) bond motifs is 1. The predicted octanol–water partition coefficient (Wildman–Crippen LogP) is 1.55. The molecule has 0 aliphatic heterocycles. The molecule has 0 atom stereocenters. The number of nitrogens with zero attached hydrogens (tertiary/aromatic N) is 3. The van der Waals surface area contributed by atoms with Gasteiger partial charge in [0.25, 0.3) is 5.91 Å². The topological polar surface area (TPSA) is 75.6 Å². The molecule has 1 amide bonds. The third-order valence-corrected chi connectivity index (χ3v) is 2.79. The summed E-state index contributed by atoms with van der Waals surface area (Å²) in [5.74, 6) is 0.136. The fourth-order valence-electron chi connectivity index (χ4n) is 1.96. The Hall–Kier alpha value is -2.63. The molecule has 0 aliphatic rings. The highest BCUT2D eigenvalue weighted by atomic mass is 16.1. The van der Waals surface area contributed by atoms with Crippen molar-refractivity contribution in [1.29, 1.82) is 0 Å². The summed E-state index contributed by atoms with van der Waals surface area (Å²) in [6, 6.07) is 7.75. The smallest absolute Gasteiger partial charge is 0.260 e. The first-order valence-corrected chi connectivity index (χ1v) is 5.46. The number of nitrogens with one attached hydrogen (secondary N) is 2. The average Bonchev–Trinajstić information content (AvgIpc) is 2.98. The number of benzene rings is 1. The van der Waals surface area contributed by atoms with Crippen molar-refractivity contribution in [2.45, 2.75) is 0 Å². The Morgan fingerprint density at radius 1 is 1.39 bits per heavy atom. The van der Waals surface area contributed by atoms with Gasteiger partial charge in [-0.15, -0.1) is 0 Å². The van der Waals surface area contributed by atoms with Crippen LogP contribution in [0.3, 0.4) is 0 Å². The molecule has 3 rings (SSSR count). The van der Waals surface area contributed by atoms with Crippen LogP contribution < -0.4 is 5.32 Å². The number of aromatic nitrogens is 4. The van der Waals surface area contributed by atoms with Crippen molar-refractivity contribution in [3.8, 4) is 0 Å². The molecule has 0 saturated heterocycles. The van der Waals surface area contributed by atoms with Gasteiger partial charge in [-0.25, -0.2) is 5.10 Å². The first kappa shape index (κ1) is 10.5. The van der Waals surface area contributed by atoms with E-state index in [0.717, 1.165) is 10.9 Å². The number of rotatable bonds is 2. The molecule has 0 fully saturated rings. The first-order valence-electron chi connectivity index (χ1n) is 5.46. The summed E-state index contributed by atoms with van der Waals surface area (Å²) in [4.78, 5) is 16.0. The molecule has 2 aromatic heterocycles. The highest BCUT2D eigenvalue weighted by molar-refractivity contribution is 6.12. The maximum atomic E-state index is 12.1. The van der Waals surface area contributed by atoms with Gasteiger partial charge in [0, 0.05) is 24.1 Å². The molecule has 90 valence electrons. The van der Waals surface area contributed by atoms with Gasteiger partial charge in [-0.3, -0.25) is 10.1 Å². The number of H-pyrrole nitrogens is 1. The molecule has 6 nitrogen and oxygen atoms in total. The average molecular weight is 241 g/mol. The van der Waals surface area contributed by atoms with E-state index in [1.165, 1.54) is 6.33 Å². The van der Waals surface area contributed by atoms with Gasteiger partial charge < -0.3 is 4.57 Å². The van der Waals surface area contributed by atoms with Crippen LogP contribution in [0.15, 0.2) is 36.8 Å². The fraction of sp³-hybridized carbons (Fsp3) is 0.0833. The first-order chi connectivity index (χ1) is 8.75. The molecule has 0 saturated carbocycles. The Kier molecular flexibility index (Phi) is 2.33. The zero-order valence-electron chi connectivity index (χ0n) is 9.71. The summed E-state index contributed by atoms with van der Waals surface area (Å²) in [6.07, 6.45) is 3.15. The third-order valence-electron chi connectivity index (χ3n) is 2.79. The van der Waals surface area contributed by atoms with Gasteiger partial charge >= 0.3 is 0 Å². The molecule has 0 unspecified atom stereocenters. The second-order valence-corrected chi connectivity index (χ2v) is 3.96. The van der Waals surface area contributed by atoms with Crippen molar-refractivity contribution in [1.82, 2.24) is 19.7 Å². The maximum absolute atomic E-state index is 12.1. The van der Waals surface area contributed by atoms with E-state index in [1.54, 1.807) is 6.20 Å². The van der Waals surface area contributed by atoms with Crippen molar-refractivity contribution in [2.24, 2.45) is 7.05 Å². The Labute approximate surface area is 103 Å². The lowest BCUT2D eigenvalue weighted by atomic mass is 10.1. The number of hydrogen-bond donors (Lipinski definition) is 2. The number of anilines is 1. The number of aromatic amines is 1. The Bertz CT molecular complexity index is 698. The zero-order valence-corrected chi connectivity index (χ0v) is 9.71. The van der Waals surface area contributed by atoms with E-state index in [2.05, 4.69) is 20.5 Å². The van der Waals surface area contributed by atoms with Crippen LogP contribution in [0.2, 0.25) is 0 Å². The van der Waals surface area contributed by atoms with Gasteiger partial charge in [-0.2, -0.15) is 10.1 Å². The fourth-order valence-corrected chi connectivity index (χ4v) is 1.96. The monoisotopic (exact) mass is 241 g/mol. The summed E-state index contributed by atoms with van der Waals surface area (Å²) >= 11 is 0. The van der Waals surface area contributed by atoms with E-state index in [0.29, 0.717) is 11.5 Å². The molecular formula is C12H11N5O. The van der Waals surface area contributed by atoms with Gasteiger partial charge in [0.1, 0.15) is 6.33 Å². The van der Waals surface area contributed by atoms with Crippen molar-refractivity contribution in [2.75, 3.05) is 5.32 Å². The largest absolute Gasteiger partial charge is 0.350 e. The molecule has 18 heavy (non-hydrogen) atoms. The van der Waals surface area contributed by atoms with Crippen LogP contribution in [0.1, 0.15) is 10.4 Å². The van der Waals surface area contributed by atoms with Crippen LogP contribution in [0.25, 0.3) is 10.9 Å². The van der Waals surface area contributed by atoms with Crippen LogP contribution in [0.4, 0.5) is 5.95 Å². The van der Waals surface area contributed by atoms with Crippen molar-refractivity contribution < 1.29 is 4.79 Å². The third kappa shape index (κ3) is 1.64. The van der Waals surface area contributed by atoms with Crippen LogP contribution >= 0.6 is 0 Å². The molecule has 2 N–H and O–H groups in total. The predicted molar refractivity (Wildman–Crippen MR) is 67.3 cm³/mol. The lowest BCUT2D eigenvalue weighted by molar-refractivity contribution is 0.102. The molecule has 0 spiro atoms. The number of carbonyl (C=O) groups is 1. The Balaban J connectivity index is 2.01. The highest BCUT2D eigenvalue weighted by Crippen LogP contribution is 2.20. The SMILES string of the molecule is Cn1cc(C(=O)Nc2ncn[nH]2)c2ccccc21. The molecule has 0 bridgehead atoms. The van der Waals surface area contributed by atoms with Gasteiger partial charge in [-0.1, -0.05) is 18.2 Å². The lowest BCUT2D eigenvalue weighted by Crippen LogP contribution is -2.12. The van der Waals surface area contributed by atoms with Gasteiger partial charge in [-0.05, 0) is 6.07 Å². The van der Waals surface area contributed by atoms with Crippen LogP contribution in [-0.4, -0.2) is 25.7 Å². The minimum absolute atomic E-state index is 0.205. The number of para-hydroxylation sites is 1. The number of aryl methyl sites for hydroxylation is 1. The number of carbonyl (C=O) groups excluding carboxylic acids is 1. The van der Waals surface area contributed by atoms with Crippen LogP contribution in [0, 0.1) is 0 Å². The van der Waals surface area contributed by atoms with Crippen LogP contribution in [-0.2, 0) is 7.05 Å². The quantitative estimate of drug-likeness (QED) is 0.714. The highest BCUT2D eigenvalue weighted by Gasteiger charge is 2.14. The van der Waals surface area contributed by atoms with E-state index in [1.807, 2.05) is 35.9 Å². The standard InChI is InChI=1S/C12H11N5O/c1-17-6-9(8-4-2-3-5-10(8)17)11(18)15-12-13-7-14-16-12/h2-7H,1H3,(H2,13,14,15,16,18). The Morgan fingerprint density at radius 2 is 2.22 bits per heavy atom. The molecule has 2 heterocycles. The van der Waals surface area contributed by atoms with E-state index in [-0.39, 0.29) is 5.91 Å². The summed E-state index contributed by atoms with van der Waals surface area (Å²) in [7, 11) is 1.91. The molecule has 3 aromatic rings. The molecule has 0 radical (unpaired) electrons. The normalized spacial score (nSPS) is 10.7. The summed E-state index contributed by atoms with van der Waals surface area (Å²) in [6.45, 7) is 0. The molecular weight excluding hydrogens is 230 g/mol. The van der Waals surface area contributed by atoms with Crippen LogP contribution in [0.5, 0.6) is 0 Å². The number of amides is 1. The van der Waals surface area contributed by atoms with Gasteiger partial charge in [0.15, 0.2) is 0 Å². The second kappa shape index (κ2) is 3.99. The lowest BCUT2D eigenvalue weighted by Gasteiger charge is -1.99. The summed E-state index contributed by atoms with van der Waals surface area (Å²) < 4.78 is 1.92. The molecule has 0 aliphatic carbocycles. The van der Waals surface area contributed by atoms with E-state index in [9.17, 15) is 4.79 Å². The minimum Gasteiger partial charge on any atom is -0.350 e. The summed E-state index contributed by atoms with van der Waals surface area (Å²) in [5.41, 5.74) is 1.63. The van der Waals surface area contributed by atoms with E-state index >= 15 is 0 Å². The van der Waals surface area contributed by atoms with Crippen molar-refractivity contribution >= 4 is 22.8 Å². The van der Waals surface area contributed by atoms with Gasteiger partial charge in [0.2, 0.25) is 5.95 Å². The number of hydrogen-bond acceptors (Lipinski definition) is 3. The second-order valence-electron chi connectivity index (χ2n) is 3.96. The molecule has 6 heteroatoms. The van der Waals surface area contributed by atoms with E-state index < -0.39 is 0 Å².